The van der Waals surface area contributed by atoms with Gasteiger partial charge in [0.15, 0.2) is 0 Å². The molecule has 21 heavy (non-hydrogen) atoms. The van der Waals surface area contributed by atoms with Crippen molar-refractivity contribution in [3.05, 3.63) is 58.4 Å². The predicted octanol–water partition coefficient (Wildman–Crippen LogP) is 3.71. The summed E-state index contributed by atoms with van der Waals surface area (Å²) in [5.74, 6) is 0.822. The number of ether oxygens (including phenoxy) is 1. The van der Waals surface area contributed by atoms with Gasteiger partial charge in [-0.25, -0.2) is 0 Å². The fraction of sp³-hybridized carbons (Fsp3) is 0.389. The van der Waals surface area contributed by atoms with Gasteiger partial charge in [-0.1, -0.05) is 24.6 Å². The molecule has 2 aromatic rings. The number of methoxy groups -OCH3 is 1. The van der Waals surface area contributed by atoms with E-state index in [2.05, 4.69) is 50.1 Å². The van der Waals surface area contributed by atoms with Crippen LogP contribution in [-0.2, 0) is 0 Å². The topological polar surface area (TPSA) is 34.2 Å². The van der Waals surface area contributed by atoms with Gasteiger partial charge < -0.3 is 10.1 Å². The Bertz CT molecular complexity index is 599. The van der Waals surface area contributed by atoms with E-state index in [1.54, 1.807) is 7.11 Å². The van der Waals surface area contributed by atoms with Crippen molar-refractivity contribution < 1.29 is 4.74 Å². The van der Waals surface area contributed by atoms with E-state index in [1.165, 1.54) is 22.3 Å². The average Bonchev–Trinajstić information content (AvgIpc) is 2.45. The number of nitrogens with zero attached hydrogens (tertiary/aromatic N) is 1. The number of aryl methyl sites for hydroxylation is 3. The molecule has 1 atom stereocenters. The number of hydrogen-bond acceptors (Lipinski definition) is 3. The molecule has 1 heterocycles. The second kappa shape index (κ2) is 6.72. The number of benzene rings is 1. The van der Waals surface area contributed by atoms with Crippen LogP contribution in [0.25, 0.3) is 0 Å². The molecular weight excluding hydrogens is 260 g/mol. The monoisotopic (exact) mass is 284 g/mol. The molecule has 1 aromatic heterocycles. The normalized spacial score (nSPS) is 12.2. The third-order valence-electron chi connectivity index (χ3n) is 3.73. The first-order valence-electron chi connectivity index (χ1n) is 7.38. The van der Waals surface area contributed by atoms with Crippen LogP contribution in [0.4, 0.5) is 0 Å². The molecule has 1 aromatic carbocycles. The minimum atomic E-state index is 0.0479. The summed E-state index contributed by atoms with van der Waals surface area (Å²) in [6.45, 7) is 9.44. The van der Waals surface area contributed by atoms with Gasteiger partial charge in [0, 0.05) is 6.20 Å². The molecule has 0 spiro atoms. The third kappa shape index (κ3) is 3.24. The maximum absolute atomic E-state index is 5.50. The third-order valence-corrected chi connectivity index (χ3v) is 3.73. The van der Waals surface area contributed by atoms with Crippen molar-refractivity contribution in [2.24, 2.45) is 0 Å². The quantitative estimate of drug-likeness (QED) is 0.908. The number of rotatable bonds is 5. The second-order valence-corrected chi connectivity index (χ2v) is 5.39. The van der Waals surface area contributed by atoms with E-state index in [-0.39, 0.29) is 6.04 Å². The lowest BCUT2D eigenvalue weighted by molar-refractivity contribution is 0.400. The molecule has 0 aliphatic carbocycles. The van der Waals surface area contributed by atoms with Crippen molar-refractivity contribution in [1.82, 2.24) is 10.3 Å². The van der Waals surface area contributed by atoms with E-state index in [0.717, 1.165) is 18.0 Å². The van der Waals surface area contributed by atoms with E-state index >= 15 is 0 Å². The molecule has 0 saturated carbocycles. The Morgan fingerprint density at radius 1 is 1.19 bits per heavy atom. The lowest BCUT2D eigenvalue weighted by atomic mass is 9.91. The summed E-state index contributed by atoms with van der Waals surface area (Å²) in [6, 6.07) is 8.36. The maximum Gasteiger partial charge on any atom is 0.142 e. The first kappa shape index (κ1) is 15.5. The lowest BCUT2D eigenvalue weighted by Gasteiger charge is -2.24. The van der Waals surface area contributed by atoms with E-state index < -0.39 is 0 Å². The summed E-state index contributed by atoms with van der Waals surface area (Å²) >= 11 is 0. The van der Waals surface area contributed by atoms with Gasteiger partial charge in [0.1, 0.15) is 11.4 Å². The van der Waals surface area contributed by atoms with Crippen LogP contribution in [0.2, 0.25) is 0 Å². The van der Waals surface area contributed by atoms with E-state index in [9.17, 15) is 0 Å². The van der Waals surface area contributed by atoms with Gasteiger partial charge in [-0.15, -0.1) is 0 Å². The largest absolute Gasteiger partial charge is 0.495 e. The van der Waals surface area contributed by atoms with Crippen LogP contribution in [0, 0.1) is 20.8 Å². The second-order valence-electron chi connectivity index (χ2n) is 5.39. The number of nitrogens with one attached hydrogen (secondary N) is 1. The average molecular weight is 284 g/mol. The molecule has 0 bridgehead atoms. The van der Waals surface area contributed by atoms with Crippen molar-refractivity contribution in [2.45, 2.75) is 33.7 Å². The highest BCUT2D eigenvalue weighted by atomic mass is 16.5. The Labute approximate surface area is 127 Å². The molecule has 0 amide bonds. The summed E-state index contributed by atoms with van der Waals surface area (Å²) in [4.78, 5) is 4.56. The molecule has 0 aliphatic rings. The molecule has 1 unspecified atom stereocenters. The number of aromatic nitrogens is 1. The van der Waals surface area contributed by atoms with E-state index in [0.29, 0.717) is 0 Å². The Morgan fingerprint density at radius 3 is 2.43 bits per heavy atom. The van der Waals surface area contributed by atoms with Gasteiger partial charge in [0.05, 0.1) is 13.2 Å². The summed E-state index contributed by atoms with van der Waals surface area (Å²) < 4.78 is 5.50. The molecule has 0 aliphatic heterocycles. The first-order chi connectivity index (χ1) is 10.1. The Kier molecular flexibility index (Phi) is 4.97. The van der Waals surface area contributed by atoms with Crippen LogP contribution < -0.4 is 10.1 Å². The summed E-state index contributed by atoms with van der Waals surface area (Å²) in [5, 5.41) is 3.55. The van der Waals surface area contributed by atoms with Crippen molar-refractivity contribution >= 4 is 0 Å². The molecule has 3 nitrogen and oxygen atoms in total. The van der Waals surface area contributed by atoms with Crippen molar-refractivity contribution in [3.8, 4) is 5.75 Å². The van der Waals surface area contributed by atoms with E-state index in [1.807, 2.05) is 18.3 Å². The fourth-order valence-corrected chi connectivity index (χ4v) is 2.98. The van der Waals surface area contributed by atoms with Gasteiger partial charge in [0.2, 0.25) is 0 Å². The number of pyridine rings is 1. The van der Waals surface area contributed by atoms with Gasteiger partial charge in [-0.3, -0.25) is 4.98 Å². The Hall–Kier alpha value is -1.87. The van der Waals surface area contributed by atoms with Gasteiger partial charge in [-0.05, 0) is 56.1 Å². The molecular formula is C18H24N2O. The zero-order chi connectivity index (χ0) is 15.4. The Morgan fingerprint density at radius 2 is 1.86 bits per heavy atom. The van der Waals surface area contributed by atoms with Crippen LogP contribution in [0.3, 0.4) is 0 Å². The van der Waals surface area contributed by atoms with Crippen LogP contribution in [0.15, 0.2) is 30.5 Å². The zero-order valence-electron chi connectivity index (χ0n) is 13.5. The molecule has 112 valence electrons. The first-order valence-corrected chi connectivity index (χ1v) is 7.38. The predicted molar refractivity (Wildman–Crippen MR) is 87.0 cm³/mol. The fourth-order valence-electron chi connectivity index (χ4n) is 2.98. The van der Waals surface area contributed by atoms with Gasteiger partial charge in [-0.2, -0.15) is 0 Å². The molecule has 2 rings (SSSR count). The summed E-state index contributed by atoms with van der Waals surface area (Å²) in [5.41, 5.74) is 6.09. The smallest absolute Gasteiger partial charge is 0.142 e. The SMILES string of the molecule is CCNC(c1ncccc1OC)c1c(C)cc(C)cc1C. The maximum atomic E-state index is 5.50. The van der Waals surface area contributed by atoms with Crippen molar-refractivity contribution in [3.63, 3.8) is 0 Å². The Balaban J connectivity index is 2.59. The van der Waals surface area contributed by atoms with Crippen molar-refractivity contribution in [1.29, 1.82) is 0 Å². The highest BCUT2D eigenvalue weighted by Crippen LogP contribution is 2.32. The standard InChI is InChI=1S/C18H24N2O/c1-6-19-18(17-15(21-5)8-7-9-20-17)16-13(3)10-12(2)11-14(16)4/h7-11,18-19H,6H2,1-5H3. The summed E-state index contributed by atoms with van der Waals surface area (Å²) in [7, 11) is 1.69. The molecule has 3 heteroatoms. The van der Waals surface area contributed by atoms with E-state index in [4.69, 9.17) is 4.74 Å². The minimum absolute atomic E-state index is 0.0479. The highest BCUT2D eigenvalue weighted by Gasteiger charge is 2.22. The van der Waals surface area contributed by atoms with Crippen LogP contribution >= 0.6 is 0 Å². The van der Waals surface area contributed by atoms with Crippen LogP contribution in [0.1, 0.15) is 40.9 Å². The molecule has 0 fully saturated rings. The molecule has 0 radical (unpaired) electrons. The minimum Gasteiger partial charge on any atom is -0.495 e. The summed E-state index contributed by atoms with van der Waals surface area (Å²) in [6.07, 6.45) is 1.82. The molecule has 0 saturated heterocycles. The van der Waals surface area contributed by atoms with Crippen LogP contribution in [-0.4, -0.2) is 18.6 Å². The van der Waals surface area contributed by atoms with Gasteiger partial charge >= 0.3 is 0 Å². The highest BCUT2D eigenvalue weighted by molar-refractivity contribution is 5.45. The van der Waals surface area contributed by atoms with Gasteiger partial charge in [0.25, 0.3) is 0 Å². The molecule has 1 N–H and O–H groups in total. The zero-order valence-corrected chi connectivity index (χ0v) is 13.5. The number of hydrogen-bond donors (Lipinski definition) is 1. The van der Waals surface area contributed by atoms with Crippen molar-refractivity contribution in [2.75, 3.05) is 13.7 Å². The lowest BCUT2D eigenvalue weighted by Crippen LogP contribution is -2.25. The van der Waals surface area contributed by atoms with Crippen LogP contribution in [0.5, 0.6) is 5.75 Å².